The molecule has 1 aromatic carbocycles. The molecule has 7 heteroatoms. The molecule has 3 N–H and O–H groups in total. The number of hydroxylamine groups is 1. The third kappa shape index (κ3) is 1.98. The lowest BCUT2D eigenvalue weighted by Gasteiger charge is -2.28. The second-order valence-corrected chi connectivity index (χ2v) is 3.80. The molecule has 0 fully saturated rings. The van der Waals surface area contributed by atoms with Gasteiger partial charge in [-0.15, -0.1) is 0 Å². The molecule has 0 saturated heterocycles. The predicted molar refractivity (Wildman–Crippen MR) is 52.4 cm³/mol. The van der Waals surface area contributed by atoms with Gasteiger partial charge in [0.05, 0.1) is 17.3 Å². The fraction of sp³-hybridized carbons (Fsp3) is 0.300. The van der Waals surface area contributed by atoms with Crippen molar-refractivity contribution in [1.29, 1.82) is 0 Å². The van der Waals surface area contributed by atoms with Crippen molar-refractivity contribution in [2.75, 3.05) is 5.06 Å². The maximum atomic E-state index is 12.5. The van der Waals surface area contributed by atoms with E-state index in [1.165, 1.54) is 0 Å². The summed E-state index contributed by atoms with van der Waals surface area (Å²) in [5.41, 5.74) is 4.83. The largest absolute Gasteiger partial charge is 0.416 e. The van der Waals surface area contributed by atoms with Gasteiger partial charge in [0.2, 0.25) is 0 Å². The molecular formula is C10H9F3N2O2. The molecule has 1 heterocycles. The maximum absolute atomic E-state index is 12.5. The highest BCUT2D eigenvalue weighted by molar-refractivity contribution is 5.98. The first-order valence-corrected chi connectivity index (χ1v) is 4.79. The molecule has 0 spiro atoms. The summed E-state index contributed by atoms with van der Waals surface area (Å²) >= 11 is 0. The summed E-state index contributed by atoms with van der Waals surface area (Å²) in [6.07, 6.45) is -4.48. The number of fused-ring (bicyclic) bond motifs is 1. The number of carbonyl (C=O) groups excluding carboxylic acids is 1. The second kappa shape index (κ2) is 3.71. The highest BCUT2D eigenvalue weighted by Gasteiger charge is 2.34. The monoisotopic (exact) mass is 246 g/mol. The predicted octanol–water partition coefficient (Wildman–Crippen LogP) is 1.31. The summed E-state index contributed by atoms with van der Waals surface area (Å²) < 4.78 is 37.4. The Morgan fingerprint density at radius 2 is 2.06 bits per heavy atom. The van der Waals surface area contributed by atoms with Gasteiger partial charge < -0.3 is 5.73 Å². The number of anilines is 1. The van der Waals surface area contributed by atoms with Crippen molar-refractivity contribution in [2.24, 2.45) is 5.73 Å². The standard InChI is InChI=1S/C10H9F3N2O2/c11-10(12,13)6-1-2-8-5(3-6)4-7(14)9(16)15(8)17/h1-3,7,17H,4,14H2/t7-/m0/s1. The van der Waals surface area contributed by atoms with Gasteiger partial charge >= 0.3 is 6.18 Å². The smallest absolute Gasteiger partial charge is 0.320 e. The molecule has 2 rings (SSSR count). The second-order valence-electron chi connectivity index (χ2n) is 3.80. The van der Waals surface area contributed by atoms with E-state index in [-0.39, 0.29) is 17.7 Å². The lowest BCUT2D eigenvalue weighted by Crippen LogP contribution is -2.47. The molecule has 1 aliphatic rings. The van der Waals surface area contributed by atoms with Crippen LogP contribution in [0.5, 0.6) is 0 Å². The van der Waals surface area contributed by atoms with Gasteiger partial charge in [0.25, 0.3) is 5.91 Å². The minimum Gasteiger partial charge on any atom is -0.320 e. The van der Waals surface area contributed by atoms with Crippen LogP contribution in [0.15, 0.2) is 18.2 Å². The Labute approximate surface area is 94.4 Å². The van der Waals surface area contributed by atoms with Crippen LogP contribution in [-0.4, -0.2) is 17.2 Å². The van der Waals surface area contributed by atoms with Crippen molar-refractivity contribution < 1.29 is 23.2 Å². The van der Waals surface area contributed by atoms with Crippen molar-refractivity contribution in [3.63, 3.8) is 0 Å². The van der Waals surface area contributed by atoms with Gasteiger partial charge in [-0.05, 0) is 30.2 Å². The van der Waals surface area contributed by atoms with E-state index >= 15 is 0 Å². The van der Waals surface area contributed by atoms with E-state index in [0.29, 0.717) is 5.06 Å². The Morgan fingerprint density at radius 3 is 2.65 bits per heavy atom. The van der Waals surface area contributed by atoms with Crippen LogP contribution >= 0.6 is 0 Å². The molecule has 0 bridgehead atoms. The fourth-order valence-corrected chi connectivity index (χ4v) is 1.73. The number of halogens is 3. The average Bonchev–Trinajstić information content (AvgIpc) is 2.24. The van der Waals surface area contributed by atoms with Crippen LogP contribution in [-0.2, 0) is 17.4 Å². The number of nitrogens with two attached hydrogens (primary N) is 1. The molecule has 1 aromatic rings. The number of rotatable bonds is 0. The highest BCUT2D eigenvalue weighted by atomic mass is 19.4. The summed E-state index contributed by atoms with van der Waals surface area (Å²) in [6.45, 7) is 0. The maximum Gasteiger partial charge on any atom is 0.416 e. The summed E-state index contributed by atoms with van der Waals surface area (Å²) in [6, 6.07) is 1.75. The number of nitrogens with zero attached hydrogens (tertiary/aromatic N) is 1. The number of hydrogen-bond donors (Lipinski definition) is 2. The fourth-order valence-electron chi connectivity index (χ4n) is 1.73. The summed E-state index contributed by atoms with van der Waals surface area (Å²) in [4.78, 5) is 11.3. The van der Waals surface area contributed by atoms with Crippen molar-refractivity contribution in [1.82, 2.24) is 0 Å². The van der Waals surface area contributed by atoms with Gasteiger partial charge in [-0.25, -0.2) is 0 Å². The van der Waals surface area contributed by atoms with E-state index in [0.717, 1.165) is 18.2 Å². The first-order chi connectivity index (χ1) is 7.80. The topological polar surface area (TPSA) is 66.6 Å². The molecular weight excluding hydrogens is 237 g/mol. The van der Waals surface area contributed by atoms with Crippen LogP contribution < -0.4 is 10.8 Å². The van der Waals surface area contributed by atoms with Crippen molar-refractivity contribution >= 4 is 11.6 Å². The van der Waals surface area contributed by atoms with Crippen LogP contribution in [0.4, 0.5) is 18.9 Å². The molecule has 0 radical (unpaired) electrons. The van der Waals surface area contributed by atoms with Gasteiger partial charge in [-0.3, -0.25) is 10.0 Å². The zero-order chi connectivity index (χ0) is 12.8. The Bertz CT molecular complexity index is 473. The molecule has 0 aromatic heterocycles. The first-order valence-electron chi connectivity index (χ1n) is 4.79. The molecule has 1 aliphatic heterocycles. The van der Waals surface area contributed by atoms with E-state index in [2.05, 4.69) is 0 Å². The van der Waals surface area contributed by atoms with E-state index in [4.69, 9.17) is 5.73 Å². The minimum absolute atomic E-state index is 0.0187. The molecule has 1 amide bonds. The van der Waals surface area contributed by atoms with Crippen LogP contribution in [0.25, 0.3) is 0 Å². The van der Waals surface area contributed by atoms with E-state index in [1.807, 2.05) is 0 Å². The third-order valence-corrected chi connectivity index (χ3v) is 2.60. The van der Waals surface area contributed by atoms with E-state index < -0.39 is 23.7 Å². The molecule has 92 valence electrons. The third-order valence-electron chi connectivity index (χ3n) is 2.60. The Morgan fingerprint density at radius 1 is 1.41 bits per heavy atom. The molecule has 0 unspecified atom stereocenters. The van der Waals surface area contributed by atoms with Crippen LogP contribution in [0.3, 0.4) is 0 Å². The van der Waals surface area contributed by atoms with Gasteiger partial charge in [0.15, 0.2) is 0 Å². The normalized spacial score (nSPS) is 20.4. The minimum atomic E-state index is -4.46. The van der Waals surface area contributed by atoms with Crippen molar-refractivity contribution in [3.05, 3.63) is 29.3 Å². The summed E-state index contributed by atoms with van der Waals surface area (Å²) in [5, 5.41) is 9.71. The lowest BCUT2D eigenvalue weighted by molar-refractivity contribution is -0.137. The lowest BCUT2D eigenvalue weighted by atomic mass is 9.97. The van der Waals surface area contributed by atoms with Gasteiger partial charge in [0, 0.05) is 0 Å². The van der Waals surface area contributed by atoms with E-state index in [9.17, 15) is 23.2 Å². The van der Waals surface area contributed by atoms with Crippen molar-refractivity contribution in [3.8, 4) is 0 Å². The van der Waals surface area contributed by atoms with Crippen LogP contribution in [0.1, 0.15) is 11.1 Å². The zero-order valence-electron chi connectivity index (χ0n) is 8.53. The quantitative estimate of drug-likeness (QED) is 0.678. The molecule has 1 atom stereocenters. The number of amides is 1. The Kier molecular flexibility index (Phi) is 2.59. The average molecular weight is 246 g/mol. The van der Waals surface area contributed by atoms with E-state index in [1.54, 1.807) is 0 Å². The SMILES string of the molecule is N[C@H]1Cc2cc(C(F)(F)F)ccc2N(O)C1=O. The number of hydrogen-bond acceptors (Lipinski definition) is 3. The zero-order valence-corrected chi connectivity index (χ0v) is 8.53. The van der Waals surface area contributed by atoms with Crippen LogP contribution in [0.2, 0.25) is 0 Å². The van der Waals surface area contributed by atoms with Gasteiger partial charge in [-0.1, -0.05) is 0 Å². The number of alkyl halides is 3. The van der Waals surface area contributed by atoms with Crippen LogP contribution in [0, 0.1) is 0 Å². The summed E-state index contributed by atoms with van der Waals surface area (Å²) in [5.74, 6) is -0.725. The highest BCUT2D eigenvalue weighted by Crippen LogP contribution is 2.34. The Hall–Kier alpha value is -1.60. The molecule has 17 heavy (non-hydrogen) atoms. The molecule has 0 saturated carbocycles. The summed E-state index contributed by atoms with van der Waals surface area (Å²) in [7, 11) is 0. The molecule has 0 aliphatic carbocycles. The number of benzene rings is 1. The van der Waals surface area contributed by atoms with Crippen molar-refractivity contribution in [2.45, 2.75) is 18.6 Å². The first kappa shape index (κ1) is 11.9. The Balaban J connectivity index is 2.48. The van der Waals surface area contributed by atoms with Gasteiger partial charge in [-0.2, -0.15) is 18.2 Å². The van der Waals surface area contributed by atoms with Gasteiger partial charge in [0.1, 0.15) is 0 Å². The molecule has 4 nitrogen and oxygen atoms in total. The number of carbonyl (C=O) groups is 1.